The lowest BCUT2D eigenvalue weighted by atomic mass is 9.60. The van der Waals surface area contributed by atoms with Gasteiger partial charge in [0, 0.05) is 18.1 Å². The molecule has 2 unspecified atom stereocenters. The fourth-order valence-corrected chi connectivity index (χ4v) is 3.89. The predicted molar refractivity (Wildman–Crippen MR) is 77.9 cm³/mol. The van der Waals surface area contributed by atoms with E-state index in [0.717, 1.165) is 19.3 Å². The third kappa shape index (κ3) is 2.41. The van der Waals surface area contributed by atoms with Crippen molar-refractivity contribution in [1.29, 1.82) is 0 Å². The van der Waals surface area contributed by atoms with Crippen molar-refractivity contribution in [3.63, 3.8) is 0 Å². The Morgan fingerprint density at radius 2 is 2.05 bits per heavy atom. The van der Waals surface area contributed by atoms with Gasteiger partial charge >= 0.3 is 5.97 Å². The van der Waals surface area contributed by atoms with E-state index in [1.54, 1.807) is 0 Å². The summed E-state index contributed by atoms with van der Waals surface area (Å²) in [6, 6.07) is 2.78. The van der Waals surface area contributed by atoms with Crippen LogP contribution in [-0.2, 0) is 4.74 Å². The third-order valence-electron chi connectivity index (χ3n) is 5.03. The van der Waals surface area contributed by atoms with E-state index in [9.17, 15) is 9.59 Å². The average molecular weight is 307 g/mol. The number of carbonyl (C=O) groups is 2. The van der Waals surface area contributed by atoms with Crippen LogP contribution in [0, 0.1) is 5.41 Å². The van der Waals surface area contributed by atoms with Crippen LogP contribution >= 0.6 is 0 Å². The van der Waals surface area contributed by atoms with Crippen molar-refractivity contribution in [2.45, 2.75) is 51.2 Å². The molecule has 3 rings (SSSR count). The molecular weight excluding hydrogens is 286 g/mol. The summed E-state index contributed by atoms with van der Waals surface area (Å²) in [5, 5.41) is 11.8. The molecule has 2 aliphatic rings. The van der Waals surface area contributed by atoms with Gasteiger partial charge in [0.1, 0.15) is 0 Å². The van der Waals surface area contributed by atoms with Gasteiger partial charge in [-0.05, 0) is 38.3 Å². The molecule has 1 aromatic heterocycles. The molecule has 120 valence electrons. The number of rotatable bonds is 5. The Balaban J connectivity index is 1.67. The van der Waals surface area contributed by atoms with E-state index in [2.05, 4.69) is 5.32 Å². The molecule has 2 atom stereocenters. The van der Waals surface area contributed by atoms with Crippen LogP contribution in [0.15, 0.2) is 16.5 Å². The van der Waals surface area contributed by atoms with Crippen molar-refractivity contribution >= 4 is 11.9 Å². The van der Waals surface area contributed by atoms with Gasteiger partial charge < -0.3 is 19.6 Å². The van der Waals surface area contributed by atoms with Crippen molar-refractivity contribution in [2.24, 2.45) is 5.41 Å². The average Bonchev–Trinajstić information content (AvgIpc) is 3.16. The Kier molecular flexibility index (Phi) is 3.95. The Bertz CT molecular complexity index is 573. The minimum atomic E-state index is -1.17. The zero-order valence-corrected chi connectivity index (χ0v) is 12.6. The van der Waals surface area contributed by atoms with Gasteiger partial charge in [0.15, 0.2) is 5.76 Å². The largest absolute Gasteiger partial charge is 0.475 e. The molecule has 1 spiro atoms. The Morgan fingerprint density at radius 1 is 1.36 bits per heavy atom. The highest BCUT2D eigenvalue weighted by Crippen LogP contribution is 2.54. The number of carbonyl (C=O) groups excluding carboxylic acids is 1. The summed E-state index contributed by atoms with van der Waals surface area (Å²) >= 11 is 0. The first-order valence-corrected chi connectivity index (χ1v) is 7.82. The van der Waals surface area contributed by atoms with E-state index in [0.29, 0.717) is 6.61 Å². The first-order chi connectivity index (χ1) is 10.6. The Labute approximate surface area is 128 Å². The Hall–Kier alpha value is -1.82. The van der Waals surface area contributed by atoms with Gasteiger partial charge in [-0.3, -0.25) is 4.79 Å². The first-order valence-electron chi connectivity index (χ1n) is 7.82. The van der Waals surface area contributed by atoms with E-state index >= 15 is 0 Å². The zero-order valence-electron chi connectivity index (χ0n) is 12.6. The minimum absolute atomic E-state index is 0.0467. The van der Waals surface area contributed by atoms with E-state index < -0.39 is 5.97 Å². The van der Waals surface area contributed by atoms with Crippen LogP contribution in [0.1, 0.15) is 60.1 Å². The molecule has 6 nitrogen and oxygen atoms in total. The molecule has 6 heteroatoms. The Morgan fingerprint density at radius 3 is 2.64 bits per heavy atom. The third-order valence-corrected chi connectivity index (χ3v) is 5.03. The lowest BCUT2D eigenvalue weighted by Crippen LogP contribution is -2.63. The molecule has 2 aliphatic carbocycles. The second-order valence-electron chi connectivity index (χ2n) is 6.12. The summed E-state index contributed by atoms with van der Waals surface area (Å²) in [6.45, 7) is 2.68. The number of hydrogen-bond donors (Lipinski definition) is 2. The molecule has 2 saturated carbocycles. The molecule has 0 aromatic carbocycles. The van der Waals surface area contributed by atoms with Crippen LogP contribution in [0.2, 0.25) is 0 Å². The van der Waals surface area contributed by atoms with Crippen LogP contribution in [0.3, 0.4) is 0 Å². The highest BCUT2D eigenvalue weighted by molar-refractivity contribution is 5.93. The SMILES string of the molecule is CCOC1CC(NC(=O)c2ccc(C(=O)O)o2)C12CCCC2. The molecule has 22 heavy (non-hydrogen) atoms. The second kappa shape index (κ2) is 5.76. The summed E-state index contributed by atoms with van der Waals surface area (Å²) < 4.78 is 10.9. The van der Waals surface area contributed by atoms with Crippen LogP contribution in [0.25, 0.3) is 0 Å². The number of furan rings is 1. The van der Waals surface area contributed by atoms with Gasteiger partial charge in [-0.2, -0.15) is 0 Å². The fraction of sp³-hybridized carbons (Fsp3) is 0.625. The van der Waals surface area contributed by atoms with Crippen LogP contribution in [0.5, 0.6) is 0 Å². The number of carboxylic acid groups (broad SMARTS) is 1. The summed E-state index contributed by atoms with van der Waals surface area (Å²) in [4.78, 5) is 23.1. The summed E-state index contributed by atoms with van der Waals surface area (Å²) in [5.41, 5.74) is 0.0495. The molecule has 1 amide bonds. The molecule has 2 fully saturated rings. The van der Waals surface area contributed by atoms with E-state index in [4.69, 9.17) is 14.3 Å². The molecule has 2 N–H and O–H groups in total. The molecular formula is C16H21NO5. The first kappa shape index (κ1) is 15.1. The van der Waals surface area contributed by atoms with Gasteiger partial charge in [0.2, 0.25) is 5.76 Å². The predicted octanol–water partition coefficient (Wildman–Crippen LogP) is 2.45. The molecule has 0 bridgehead atoms. The summed E-state index contributed by atoms with van der Waals surface area (Å²) in [5.74, 6) is -1.70. The standard InChI is InChI=1S/C16H21NO5/c1-2-21-13-9-12(16(13)7-3-4-8-16)17-14(18)10-5-6-11(22-10)15(19)20/h5-6,12-13H,2-4,7-9H2,1H3,(H,17,18)(H,19,20). The number of aromatic carboxylic acids is 1. The van der Waals surface area contributed by atoms with Gasteiger partial charge in [0.05, 0.1) is 6.10 Å². The van der Waals surface area contributed by atoms with Gasteiger partial charge in [0.25, 0.3) is 5.91 Å². The topological polar surface area (TPSA) is 88.8 Å². The number of hydrogen-bond acceptors (Lipinski definition) is 4. The maximum Gasteiger partial charge on any atom is 0.371 e. The summed E-state index contributed by atoms with van der Waals surface area (Å²) in [7, 11) is 0. The zero-order chi connectivity index (χ0) is 15.7. The van der Waals surface area contributed by atoms with E-state index in [1.807, 2.05) is 6.92 Å². The highest BCUT2D eigenvalue weighted by Gasteiger charge is 2.57. The highest BCUT2D eigenvalue weighted by atomic mass is 16.5. The van der Waals surface area contributed by atoms with Crippen molar-refractivity contribution < 1.29 is 23.8 Å². The van der Waals surface area contributed by atoms with Gasteiger partial charge in [-0.1, -0.05) is 12.8 Å². The van der Waals surface area contributed by atoms with Crippen LogP contribution in [0.4, 0.5) is 0 Å². The van der Waals surface area contributed by atoms with Crippen molar-refractivity contribution in [3.8, 4) is 0 Å². The van der Waals surface area contributed by atoms with Crippen molar-refractivity contribution in [1.82, 2.24) is 5.32 Å². The van der Waals surface area contributed by atoms with Crippen molar-refractivity contribution in [2.75, 3.05) is 6.61 Å². The smallest absolute Gasteiger partial charge is 0.371 e. The molecule has 0 saturated heterocycles. The van der Waals surface area contributed by atoms with Gasteiger partial charge in [-0.15, -0.1) is 0 Å². The summed E-state index contributed by atoms with van der Waals surface area (Å²) in [6.07, 6.45) is 5.50. The normalized spacial score (nSPS) is 25.9. The quantitative estimate of drug-likeness (QED) is 0.872. The maximum absolute atomic E-state index is 12.2. The monoisotopic (exact) mass is 307 g/mol. The number of amides is 1. The molecule has 1 aromatic rings. The van der Waals surface area contributed by atoms with Crippen molar-refractivity contribution in [3.05, 3.63) is 23.7 Å². The lowest BCUT2D eigenvalue weighted by molar-refractivity contribution is -0.127. The fourth-order valence-electron chi connectivity index (χ4n) is 3.89. The number of ether oxygens (including phenoxy) is 1. The minimum Gasteiger partial charge on any atom is -0.475 e. The van der Waals surface area contributed by atoms with Gasteiger partial charge in [-0.25, -0.2) is 4.79 Å². The molecule has 1 heterocycles. The number of carboxylic acids is 1. The lowest BCUT2D eigenvalue weighted by Gasteiger charge is -2.53. The van der Waals surface area contributed by atoms with Crippen LogP contribution < -0.4 is 5.32 Å². The molecule has 0 radical (unpaired) electrons. The second-order valence-corrected chi connectivity index (χ2v) is 6.12. The van der Waals surface area contributed by atoms with E-state index in [-0.39, 0.29) is 35.0 Å². The maximum atomic E-state index is 12.2. The number of nitrogens with one attached hydrogen (secondary N) is 1. The molecule has 0 aliphatic heterocycles. The van der Waals surface area contributed by atoms with E-state index in [1.165, 1.54) is 25.0 Å². The van der Waals surface area contributed by atoms with Crippen LogP contribution in [-0.4, -0.2) is 35.7 Å².